The number of anilines is 1. The largest absolute Gasteiger partial charge is 0.457 e. The number of carbonyl (C=O) groups excluding carboxylic acids is 1. The monoisotopic (exact) mass is 341 g/mol. The number of amides is 1. The third-order valence-electron chi connectivity index (χ3n) is 2.65. The molecule has 1 N–H and O–H groups in total. The number of carbonyl (C=O) groups is 1. The van der Waals surface area contributed by atoms with Crippen LogP contribution in [0.4, 0.5) is 5.69 Å². The third-order valence-corrected chi connectivity index (χ3v) is 3.53. The molecule has 0 aliphatic heterocycles. The van der Waals surface area contributed by atoms with Crippen molar-refractivity contribution in [1.82, 2.24) is 0 Å². The highest BCUT2D eigenvalue weighted by atomic mass is 79.9. The first-order valence-corrected chi connectivity index (χ1v) is 7.22. The Kier molecular flexibility index (Phi) is 5.05. The summed E-state index contributed by atoms with van der Waals surface area (Å²) in [5, 5.41) is 2.84. The Balaban J connectivity index is 2.07. The summed E-state index contributed by atoms with van der Waals surface area (Å²) in [4.78, 5) is 12.0. The zero-order valence-corrected chi connectivity index (χ0v) is 12.5. The molecule has 0 fully saturated rings. The summed E-state index contributed by atoms with van der Waals surface area (Å²) in [6.07, 6.45) is 3.30. The SMILES string of the molecule is O=C(Nc1cccc(CCCCl)c1)c1ccoc1Br. The van der Waals surface area contributed by atoms with Crippen LogP contribution in [0.15, 0.2) is 45.7 Å². The van der Waals surface area contributed by atoms with Gasteiger partial charge >= 0.3 is 0 Å². The molecule has 1 heterocycles. The van der Waals surface area contributed by atoms with E-state index in [9.17, 15) is 4.79 Å². The molecule has 0 aliphatic carbocycles. The minimum Gasteiger partial charge on any atom is -0.457 e. The summed E-state index contributed by atoms with van der Waals surface area (Å²) in [6.45, 7) is 0. The van der Waals surface area contributed by atoms with E-state index in [2.05, 4.69) is 21.2 Å². The van der Waals surface area contributed by atoms with Crippen LogP contribution in [-0.4, -0.2) is 11.8 Å². The second kappa shape index (κ2) is 6.78. The Morgan fingerprint density at radius 2 is 2.21 bits per heavy atom. The highest BCUT2D eigenvalue weighted by Crippen LogP contribution is 2.20. The first-order chi connectivity index (χ1) is 9.20. The smallest absolute Gasteiger partial charge is 0.260 e. The molecular formula is C14H13BrClNO2. The average molecular weight is 343 g/mol. The first kappa shape index (κ1) is 14.2. The van der Waals surface area contributed by atoms with Crippen molar-refractivity contribution in [2.24, 2.45) is 0 Å². The summed E-state index contributed by atoms with van der Waals surface area (Å²) < 4.78 is 5.47. The topological polar surface area (TPSA) is 42.2 Å². The van der Waals surface area contributed by atoms with Gasteiger partial charge in [0.05, 0.1) is 11.8 Å². The van der Waals surface area contributed by atoms with Crippen LogP contribution in [0.1, 0.15) is 22.3 Å². The number of hydrogen-bond acceptors (Lipinski definition) is 2. The number of halogens is 2. The van der Waals surface area contributed by atoms with Crippen LogP contribution >= 0.6 is 27.5 Å². The van der Waals surface area contributed by atoms with Gasteiger partial charge in [-0.1, -0.05) is 12.1 Å². The molecule has 5 heteroatoms. The van der Waals surface area contributed by atoms with Gasteiger partial charge in [-0.25, -0.2) is 0 Å². The van der Waals surface area contributed by atoms with Crippen molar-refractivity contribution < 1.29 is 9.21 Å². The lowest BCUT2D eigenvalue weighted by Crippen LogP contribution is -2.11. The molecule has 1 aromatic carbocycles. The summed E-state index contributed by atoms with van der Waals surface area (Å²) >= 11 is 8.86. The first-order valence-electron chi connectivity index (χ1n) is 5.90. The van der Waals surface area contributed by atoms with Crippen LogP contribution in [0.25, 0.3) is 0 Å². The molecule has 0 bridgehead atoms. The van der Waals surface area contributed by atoms with Gasteiger partial charge in [0.15, 0.2) is 4.67 Å². The summed E-state index contributed by atoms with van der Waals surface area (Å²) in [5.41, 5.74) is 2.40. The molecule has 2 aromatic rings. The van der Waals surface area contributed by atoms with Gasteiger partial charge in [0.1, 0.15) is 0 Å². The van der Waals surface area contributed by atoms with Gasteiger partial charge in [-0.2, -0.15) is 0 Å². The van der Waals surface area contributed by atoms with Crippen LogP contribution in [0.2, 0.25) is 0 Å². The Morgan fingerprint density at radius 1 is 1.37 bits per heavy atom. The van der Waals surface area contributed by atoms with Crippen molar-refractivity contribution in [3.05, 3.63) is 52.4 Å². The van der Waals surface area contributed by atoms with Gasteiger partial charge in [0.25, 0.3) is 5.91 Å². The van der Waals surface area contributed by atoms with Gasteiger partial charge in [0, 0.05) is 11.6 Å². The lowest BCUT2D eigenvalue weighted by molar-refractivity contribution is 0.102. The van der Waals surface area contributed by atoms with Crippen LogP contribution in [0, 0.1) is 0 Å². The Labute approximate surface area is 125 Å². The molecule has 0 radical (unpaired) electrons. The van der Waals surface area contributed by atoms with Gasteiger partial charge in [-0.05, 0) is 52.5 Å². The number of benzene rings is 1. The fourth-order valence-corrected chi connectivity index (χ4v) is 2.28. The van der Waals surface area contributed by atoms with Gasteiger partial charge in [-0.3, -0.25) is 4.79 Å². The molecule has 100 valence electrons. The molecule has 0 unspecified atom stereocenters. The van der Waals surface area contributed by atoms with Crippen molar-refractivity contribution in [3.63, 3.8) is 0 Å². The van der Waals surface area contributed by atoms with E-state index in [1.54, 1.807) is 6.07 Å². The third kappa shape index (κ3) is 3.85. The van der Waals surface area contributed by atoms with E-state index in [1.165, 1.54) is 6.26 Å². The zero-order valence-electron chi connectivity index (χ0n) is 10.2. The number of hydrogen-bond donors (Lipinski definition) is 1. The summed E-state index contributed by atoms with van der Waals surface area (Å²) in [5.74, 6) is 0.438. The molecule has 0 aliphatic rings. The van der Waals surface area contributed by atoms with Crippen LogP contribution < -0.4 is 5.32 Å². The quantitative estimate of drug-likeness (QED) is 0.815. The molecular weight excluding hydrogens is 330 g/mol. The van der Waals surface area contributed by atoms with Crippen molar-refractivity contribution in [1.29, 1.82) is 0 Å². The van der Waals surface area contributed by atoms with Crippen molar-refractivity contribution in [2.75, 3.05) is 11.2 Å². The minimum absolute atomic E-state index is 0.199. The van der Waals surface area contributed by atoms with E-state index in [0.29, 0.717) is 16.1 Å². The molecule has 1 amide bonds. The number of rotatable bonds is 5. The molecule has 0 saturated carbocycles. The lowest BCUT2D eigenvalue weighted by atomic mass is 10.1. The van der Waals surface area contributed by atoms with Crippen molar-refractivity contribution in [2.45, 2.75) is 12.8 Å². The van der Waals surface area contributed by atoms with E-state index in [-0.39, 0.29) is 5.91 Å². The number of furan rings is 1. The normalized spacial score (nSPS) is 10.4. The predicted molar refractivity (Wildman–Crippen MR) is 79.8 cm³/mol. The Morgan fingerprint density at radius 3 is 2.89 bits per heavy atom. The van der Waals surface area contributed by atoms with Crippen LogP contribution in [-0.2, 0) is 6.42 Å². The molecule has 3 nitrogen and oxygen atoms in total. The molecule has 1 aromatic heterocycles. The second-order valence-corrected chi connectivity index (χ2v) is 5.15. The number of alkyl halides is 1. The number of aryl methyl sites for hydroxylation is 1. The minimum atomic E-state index is -0.199. The summed E-state index contributed by atoms with van der Waals surface area (Å²) in [7, 11) is 0. The van der Waals surface area contributed by atoms with Crippen molar-refractivity contribution in [3.8, 4) is 0 Å². The maximum Gasteiger partial charge on any atom is 0.260 e. The van der Waals surface area contributed by atoms with E-state index >= 15 is 0 Å². The highest BCUT2D eigenvalue weighted by molar-refractivity contribution is 9.10. The fourth-order valence-electron chi connectivity index (χ4n) is 1.73. The summed E-state index contributed by atoms with van der Waals surface area (Å²) in [6, 6.07) is 9.38. The predicted octanol–water partition coefficient (Wildman–Crippen LogP) is 4.47. The molecule has 0 spiro atoms. The standard InChI is InChI=1S/C14H13BrClNO2/c15-13-12(6-8-19-13)14(18)17-11-5-1-3-10(9-11)4-2-7-16/h1,3,5-6,8-9H,2,4,7H2,(H,17,18). The van der Waals surface area contributed by atoms with E-state index in [0.717, 1.165) is 24.1 Å². The van der Waals surface area contributed by atoms with Crippen LogP contribution in [0.3, 0.4) is 0 Å². The van der Waals surface area contributed by atoms with Crippen LogP contribution in [0.5, 0.6) is 0 Å². The second-order valence-electron chi connectivity index (χ2n) is 4.06. The van der Waals surface area contributed by atoms with Crippen molar-refractivity contribution >= 4 is 39.1 Å². The molecule has 0 atom stereocenters. The van der Waals surface area contributed by atoms with Gasteiger partial charge < -0.3 is 9.73 Å². The highest BCUT2D eigenvalue weighted by Gasteiger charge is 2.12. The molecule has 2 rings (SSSR count). The maximum atomic E-state index is 12.0. The van der Waals surface area contributed by atoms with E-state index in [4.69, 9.17) is 16.0 Å². The zero-order chi connectivity index (χ0) is 13.7. The molecule has 19 heavy (non-hydrogen) atoms. The van der Waals surface area contributed by atoms with Gasteiger partial charge in [0.2, 0.25) is 0 Å². The van der Waals surface area contributed by atoms with E-state index in [1.807, 2.05) is 24.3 Å². The Hall–Kier alpha value is -1.26. The Bertz CT molecular complexity index is 568. The molecule has 0 saturated heterocycles. The van der Waals surface area contributed by atoms with Gasteiger partial charge in [-0.15, -0.1) is 11.6 Å². The van der Waals surface area contributed by atoms with E-state index < -0.39 is 0 Å². The fraction of sp³-hybridized carbons (Fsp3) is 0.214. The average Bonchev–Trinajstić information content (AvgIpc) is 2.83. The lowest BCUT2D eigenvalue weighted by Gasteiger charge is -2.06. The maximum absolute atomic E-state index is 12.0. The number of nitrogens with one attached hydrogen (secondary N) is 1.